The summed E-state index contributed by atoms with van der Waals surface area (Å²) in [6.45, 7) is 1.61. The van der Waals surface area contributed by atoms with Crippen molar-refractivity contribution in [3.63, 3.8) is 0 Å². The van der Waals surface area contributed by atoms with Gasteiger partial charge in [0, 0.05) is 24.4 Å². The van der Waals surface area contributed by atoms with Crippen molar-refractivity contribution in [2.24, 2.45) is 7.05 Å². The number of benzene rings is 1. The molecule has 1 aromatic carbocycles. The molecule has 6 nitrogen and oxygen atoms in total. The van der Waals surface area contributed by atoms with Crippen LogP contribution in [0.3, 0.4) is 0 Å². The van der Waals surface area contributed by atoms with Gasteiger partial charge in [-0.05, 0) is 29.7 Å². The summed E-state index contributed by atoms with van der Waals surface area (Å²) in [4.78, 5) is 30.1. The average molecular weight is 362 g/mol. The SMILES string of the molecule is CCC1(O)C(=O)OCc2c1c1c(n(C)c2=O)-c2nc3ccccc3cc2C1. The van der Waals surface area contributed by atoms with Crippen LogP contribution in [-0.4, -0.2) is 20.6 Å². The van der Waals surface area contributed by atoms with Crippen LogP contribution in [0.25, 0.3) is 22.3 Å². The maximum Gasteiger partial charge on any atom is 0.343 e. The molecule has 0 bridgehead atoms. The molecule has 1 atom stereocenters. The van der Waals surface area contributed by atoms with Crippen molar-refractivity contribution >= 4 is 16.9 Å². The summed E-state index contributed by atoms with van der Waals surface area (Å²) < 4.78 is 6.70. The summed E-state index contributed by atoms with van der Waals surface area (Å²) in [5.41, 5.74) is 2.77. The van der Waals surface area contributed by atoms with Crippen LogP contribution in [-0.2, 0) is 35.2 Å². The predicted octanol–water partition coefficient (Wildman–Crippen LogP) is 2.16. The van der Waals surface area contributed by atoms with E-state index < -0.39 is 11.6 Å². The highest BCUT2D eigenvalue weighted by molar-refractivity contribution is 5.89. The maximum atomic E-state index is 13.0. The fourth-order valence-corrected chi connectivity index (χ4v) is 4.39. The highest BCUT2D eigenvalue weighted by Crippen LogP contribution is 2.44. The van der Waals surface area contributed by atoms with Crippen molar-refractivity contribution in [2.75, 3.05) is 0 Å². The molecule has 0 radical (unpaired) electrons. The molecule has 1 N–H and O–H groups in total. The quantitative estimate of drug-likeness (QED) is 0.525. The van der Waals surface area contributed by atoms with Gasteiger partial charge >= 0.3 is 5.97 Å². The lowest BCUT2D eigenvalue weighted by atomic mass is 9.82. The number of carbonyl (C=O) groups is 1. The van der Waals surface area contributed by atoms with Gasteiger partial charge < -0.3 is 14.4 Å². The molecule has 3 aromatic rings. The third kappa shape index (κ3) is 1.96. The number of ether oxygens (including phenoxy) is 1. The molecule has 1 aliphatic heterocycles. The second kappa shape index (κ2) is 5.27. The minimum Gasteiger partial charge on any atom is -0.458 e. The van der Waals surface area contributed by atoms with Crippen LogP contribution in [0.4, 0.5) is 0 Å². The van der Waals surface area contributed by atoms with Crippen LogP contribution in [0, 0.1) is 0 Å². The fraction of sp³-hybridized carbons (Fsp3) is 0.286. The number of para-hydroxylation sites is 1. The Kier molecular flexibility index (Phi) is 3.16. The lowest BCUT2D eigenvalue weighted by Gasteiger charge is -2.33. The molecule has 2 aromatic heterocycles. The number of fused-ring (bicyclic) bond motifs is 6. The summed E-state index contributed by atoms with van der Waals surface area (Å²) in [5, 5.41) is 12.1. The number of hydrogen-bond acceptors (Lipinski definition) is 5. The second-order valence-corrected chi connectivity index (χ2v) is 7.20. The average Bonchev–Trinajstić information content (AvgIpc) is 3.04. The van der Waals surface area contributed by atoms with E-state index in [0.717, 1.165) is 27.7 Å². The van der Waals surface area contributed by atoms with Crippen LogP contribution in [0.5, 0.6) is 0 Å². The predicted molar refractivity (Wildman–Crippen MR) is 99.2 cm³/mol. The first-order chi connectivity index (χ1) is 13.0. The first-order valence-corrected chi connectivity index (χ1v) is 8.99. The largest absolute Gasteiger partial charge is 0.458 e. The molecule has 6 heteroatoms. The van der Waals surface area contributed by atoms with Gasteiger partial charge in [-0.15, -0.1) is 0 Å². The highest BCUT2D eigenvalue weighted by atomic mass is 16.6. The minimum absolute atomic E-state index is 0.109. The van der Waals surface area contributed by atoms with Gasteiger partial charge in [-0.1, -0.05) is 25.1 Å². The van der Waals surface area contributed by atoms with Crippen LogP contribution < -0.4 is 5.56 Å². The number of nitrogens with zero attached hydrogens (tertiary/aromatic N) is 2. The lowest BCUT2D eigenvalue weighted by molar-refractivity contribution is -0.172. The summed E-state index contributed by atoms with van der Waals surface area (Å²) in [7, 11) is 1.70. The molecule has 0 saturated carbocycles. The van der Waals surface area contributed by atoms with E-state index in [1.54, 1.807) is 18.5 Å². The molecule has 0 spiro atoms. The molecule has 27 heavy (non-hydrogen) atoms. The highest BCUT2D eigenvalue weighted by Gasteiger charge is 2.47. The summed E-state index contributed by atoms with van der Waals surface area (Å²) in [6.07, 6.45) is 0.665. The topological polar surface area (TPSA) is 81.4 Å². The zero-order valence-electron chi connectivity index (χ0n) is 15.1. The molecular formula is C21H18N2O4. The van der Waals surface area contributed by atoms with E-state index >= 15 is 0 Å². The van der Waals surface area contributed by atoms with Gasteiger partial charge in [0.05, 0.1) is 22.5 Å². The zero-order chi connectivity index (χ0) is 18.9. The summed E-state index contributed by atoms with van der Waals surface area (Å²) in [6, 6.07) is 9.89. The Morgan fingerprint density at radius 1 is 1.26 bits per heavy atom. The van der Waals surface area contributed by atoms with E-state index in [2.05, 4.69) is 6.07 Å². The third-order valence-corrected chi connectivity index (χ3v) is 5.79. The lowest BCUT2D eigenvalue weighted by Crippen LogP contribution is -2.45. The number of esters is 1. The fourth-order valence-electron chi connectivity index (χ4n) is 4.39. The Morgan fingerprint density at radius 2 is 2.04 bits per heavy atom. The molecule has 0 amide bonds. The van der Waals surface area contributed by atoms with Gasteiger partial charge in [0.1, 0.15) is 6.61 Å². The number of carbonyl (C=O) groups excluding carboxylic acids is 1. The Hall–Kier alpha value is -2.99. The van der Waals surface area contributed by atoms with Crippen molar-refractivity contribution in [2.45, 2.75) is 32.0 Å². The summed E-state index contributed by atoms with van der Waals surface area (Å²) >= 11 is 0. The first kappa shape index (κ1) is 16.2. The van der Waals surface area contributed by atoms with Crippen LogP contribution >= 0.6 is 0 Å². The van der Waals surface area contributed by atoms with E-state index in [1.165, 1.54) is 0 Å². The molecule has 5 rings (SSSR count). The molecule has 0 saturated heterocycles. The van der Waals surface area contributed by atoms with Crippen molar-refractivity contribution in [3.8, 4) is 11.4 Å². The van der Waals surface area contributed by atoms with Gasteiger partial charge in [0.25, 0.3) is 5.56 Å². The standard InChI is InChI=1S/C21H18N2O4/c1-3-21(26)16-13-9-12-8-11-6-4-5-7-15(11)22-17(12)18(13)23(2)19(24)14(16)10-27-20(21)25/h4-8,26H,3,9-10H2,1-2H3. The number of cyclic esters (lactones) is 1. The number of hydrogen-bond donors (Lipinski definition) is 1. The van der Waals surface area contributed by atoms with Gasteiger partial charge in [0.2, 0.25) is 0 Å². The number of aliphatic hydroxyl groups is 1. The van der Waals surface area contributed by atoms with Gasteiger partial charge in [0.15, 0.2) is 5.60 Å². The first-order valence-electron chi connectivity index (χ1n) is 8.99. The molecule has 136 valence electrons. The molecule has 1 aliphatic carbocycles. The number of pyridine rings is 2. The Labute approximate surface area is 155 Å². The van der Waals surface area contributed by atoms with E-state index in [0.29, 0.717) is 23.2 Å². The Bertz CT molecular complexity index is 1210. The normalized spacial score (nSPS) is 20.2. The van der Waals surface area contributed by atoms with Crippen LogP contribution in [0.1, 0.15) is 35.6 Å². The summed E-state index contributed by atoms with van der Waals surface area (Å²) in [5.74, 6) is -0.693. The molecule has 0 fully saturated rings. The smallest absolute Gasteiger partial charge is 0.343 e. The van der Waals surface area contributed by atoms with Crippen LogP contribution in [0.2, 0.25) is 0 Å². The monoisotopic (exact) mass is 362 g/mol. The molecule has 2 aliphatic rings. The van der Waals surface area contributed by atoms with Crippen molar-refractivity contribution in [1.29, 1.82) is 0 Å². The van der Waals surface area contributed by atoms with E-state index in [-0.39, 0.29) is 18.6 Å². The van der Waals surface area contributed by atoms with E-state index in [4.69, 9.17) is 9.72 Å². The van der Waals surface area contributed by atoms with Crippen LogP contribution in [0.15, 0.2) is 35.1 Å². The molecule has 1 unspecified atom stereocenters. The van der Waals surface area contributed by atoms with Crippen molar-refractivity contribution in [1.82, 2.24) is 9.55 Å². The second-order valence-electron chi connectivity index (χ2n) is 7.20. The van der Waals surface area contributed by atoms with Gasteiger partial charge in [-0.25, -0.2) is 9.78 Å². The van der Waals surface area contributed by atoms with Crippen molar-refractivity contribution < 1.29 is 14.6 Å². The zero-order valence-corrected chi connectivity index (χ0v) is 15.1. The molecule has 3 heterocycles. The van der Waals surface area contributed by atoms with Gasteiger partial charge in [-0.3, -0.25) is 4.79 Å². The third-order valence-electron chi connectivity index (χ3n) is 5.79. The van der Waals surface area contributed by atoms with Crippen molar-refractivity contribution in [3.05, 3.63) is 62.9 Å². The Balaban J connectivity index is 1.89. The number of aromatic nitrogens is 2. The maximum absolute atomic E-state index is 13.0. The van der Waals surface area contributed by atoms with E-state index in [1.807, 2.05) is 24.3 Å². The van der Waals surface area contributed by atoms with Gasteiger partial charge in [-0.2, -0.15) is 0 Å². The Morgan fingerprint density at radius 3 is 2.81 bits per heavy atom. The molecular weight excluding hydrogens is 344 g/mol. The number of rotatable bonds is 1. The minimum atomic E-state index is -1.80. The van der Waals surface area contributed by atoms with E-state index in [9.17, 15) is 14.7 Å².